The van der Waals surface area contributed by atoms with Crippen LogP contribution in [0, 0.1) is 0 Å². The van der Waals surface area contributed by atoms with Crippen LogP contribution >= 0.6 is 11.5 Å². The van der Waals surface area contributed by atoms with Crippen LogP contribution in [-0.4, -0.2) is 12.8 Å². The normalized spacial score (nSPS) is 12.1. The number of aromatic nitrogens is 1. The van der Waals surface area contributed by atoms with Crippen LogP contribution in [0.1, 0.15) is 0 Å². The summed E-state index contributed by atoms with van der Waals surface area (Å²) in [5.74, 6) is 0. The third-order valence-corrected chi connectivity index (χ3v) is 3.73. The summed E-state index contributed by atoms with van der Waals surface area (Å²) in [6, 6.07) is 6.54. The highest BCUT2D eigenvalue weighted by Crippen LogP contribution is 2.27. The Balaban J connectivity index is 2.87. The number of benzene rings is 1. The second-order valence-corrected chi connectivity index (χ2v) is 4.74. The van der Waals surface area contributed by atoms with Gasteiger partial charge in [-0.1, -0.05) is 22.1 Å². The molecule has 0 aliphatic carbocycles. The Morgan fingerprint density at radius 2 is 2.00 bits per heavy atom. The first-order chi connectivity index (χ1) is 6.09. The summed E-state index contributed by atoms with van der Waals surface area (Å²) in [4.78, 5) is 0. The van der Waals surface area contributed by atoms with Gasteiger partial charge in [0.2, 0.25) is 0 Å². The lowest BCUT2D eigenvalue weighted by atomic mass is 10.3. The lowest BCUT2D eigenvalue weighted by Crippen LogP contribution is -1.87. The summed E-state index contributed by atoms with van der Waals surface area (Å²) in [5.41, 5.74) is 0.503. The third-order valence-electron chi connectivity index (χ3n) is 1.57. The molecule has 0 bridgehead atoms. The monoisotopic (exact) mass is 217 g/mol. The largest absolute Gasteiger partial charge is 0.343 e. The van der Waals surface area contributed by atoms with Crippen LogP contribution in [0.15, 0.2) is 28.5 Å². The van der Waals surface area contributed by atoms with Crippen molar-refractivity contribution in [2.24, 2.45) is 0 Å². The van der Waals surface area contributed by atoms with Gasteiger partial charge in [-0.3, -0.25) is 0 Å². The van der Waals surface area contributed by atoms with Gasteiger partial charge in [-0.25, -0.2) is 0 Å². The fourth-order valence-electron chi connectivity index (χ4n) is 1.04. The summed E-state index contributed by atoms with van der Waals surface area (Å²) < 4.78 is 37.3. The quantitative estimate of drug-likeness (QED) is 0.686. The summed E-state index contributed by atoms with van der Waals surface area (Å²) in [6.07, 6.45) is 0. The molecule has 0 amide bonds. The molecule has 0 N–H and O–H groups in total. The van der Waals surface area contributed by atoms with Crippen molar-refractivity contribution in [1.82, 2.24) is 4.37 Å². The van der Waals surface area contributed by atoms with Gasteiger partial charge in [0.05, 0.1) is 5.52 Å². The highest BCUT2D eigenvalue weighted by Gasteiger charge is 2.18. The highest BCUT2D eigenvalue weighted by atomic mass is 32.3. The molecule has 2 rings (SSSR count). The molecule has 0 saturated heterocycles. The molecule has 68 valence electrons. The van der Waals surface area contributed by atoms with E-state index in [0.717, 1.165) is 0 Å². The van der Waals surface area contributed by atoms with Crippen molar-refractivity contribution >= 4 is 32.7 Å². The average molecular weight is 217 g/mol. The van der Waals surface area contributed by atoms with Crippen LogP contribution in [0.25, 0.3) is 10.9 Å². The van der Waals surface area contributed by atoms with Gasteiger partial charge < -0.3 is 0 Å². The molecular weight excluding hydrogens is 213 g/mol. The fourth-order valence-corrected chi connectivity index (χ4v) is 2.56. The fraction of sp³-hybridized carbons (Fsp3) is 0. The van der Waals surface area contributed by atoms with Crippen LogP contribution < -0.4 is 0 Å². The smallest absolute Gasteiger partial charge is 0.191 e. The first-order valence-corrected chi connectivity index (χ1v) is 5.54. The summed E-state index contributed by atoms with van der Waals surface area (Å²) >= 11 is 0.657. The molecule has 0 atom stereocenters. The van der Waals surface area contributed by atoms with E-state index in [4.69, 9.17) is 0 Å². The summed E-state index contributed by atoms with van der Waals surface area (Å²) in [5, 5.41) is 0.343. The Bertz CT molecular complexity index is 546. The molecule has 0 fully saturated rings. The third kappa shape index (κ3) is 1.42. The molecule has 0 spiro atoms. The maximum atomic E-state index is 12.6. The van der Waals surface area contributed by atoms with Gasteiger partial charge >= 0.3 is 10.2 Å². The minimum absolute atomic E-state index is 0.317. The van der Waals surface area contributed by atoms with E-state index in [1.165, 1.54) is 6.07 Å². The number of halogens is 1. The zero-order valence-electron chi connectivity index (χ0n) is 6.27. The zero-order chi connectivity index (χ0) is 9.47. The van der Waals surface area contributed by atoms with E-state index in [0.29, 0.717) is 22.4 Å². The lowest BCUT2D eigenvalue weighted by molar-refractivity contribution is 0.555. The topological polar surface area (TPSA) is 47.0 Å². The molecule has 3 nitrogen and oxygen atoms in total. The number of nitrogens with zero attached hydrogens (tertiary/aromatic N) is 1. The standard InChI is InChI=1S/C7H4FNO2S2/c8-13(10,11)7-5-3-1-2-4-6(5)9-12-7/h1-4H. The number of hydrogen-bond acceptors (Lipinski definition) is 4. The van der Waals surface area contributed by atoms with Gasteiger partial charge in [0.1, 0.15) is 0 Å². The molecule has 13 heavy (non-hydrogen) atoms. The van der Waals surface area contributed by atoms with E-state index in [1.807, 2.05) is 0 Å². The molecule has 0 radical (unpaired) electrons. The maximum absolute atomic E-state index is 12.6. The van der Waals surface area contributed by atoms with Crippen LogP contribution in [0.3, 0.4) is 0 Å². The number of fused-ring (bicyclic) bond motifs is 1. The predicted octanol–water partition coefficient (Wildman–Crippen LogP) is 1.95. The molecule has 0 aliphatic heterocycles. The summed E-state index contributed by atoms with van der Waals surface area (Å²) in [6.45, 7) is 0. The van der Waals surface area contributed by atoms with Gasteiger partial charge in [-0.2, -0.15) is 12.8 Å². The molecule has 6 heteroatoms. The SMILES string of the molecule is O=S(=O)(F)c1snc2ccccc12. The Hall–Kier alpha value is -1.01. The van der Waals surface area contributed by atoms with Crippen LogP contribution in [-0.2, 0) is 10.2 Å². The molecule has 1 aromatic carbocycles. The minimum Gasteiger partial charge on any atom is -0.191 e. The molecule has 1 heterocycles. The first kappa shape index (κ1) is 8.58. The van der Waals surface area contributed by atoms with Crippen molar-refractivity contribution in [2.45, 2.75) is 4.21 Å². The number of hydrogen-bond donors (Lipinski definition) is 0. The second kappa shape index (κ2) is 2.74. The van der Waals surface area contributed by atoms with E-state index in [9.17, 15) is 12.3 Å². The molecule has 1 aromatic heterocycles. The van der Waals surface area contributed by atoms with Gasteiger partial charge in [-0.15, -0.1) is 0 Å². The average Bonchev–Trinajstić information content (AvgIpc) is 2.45. The molecule has 2 aromatic rings. The number of rotatable bonds is 1. The van der Waals surface area contributed by atoms with Crippen molar-refractivity contribution in [1.29, 1.82) is 0 Å². The van der Waals surface area contributed by atoms with Crippen molar-refractivity contribution in [3.05, 3.63) is 24.3 Å². The van der Waals surface area contributed by atoms with E-state index >= 15 is 0 Å². The Kier molecular flexibility index (Phi) is 1.81. The van der Waals surface area contributed by atoms with E-state index in [-0.39, 0.29) is 4.21 Å². The first-order valence-electron chi connectivity index (χ1n) is 3.38. The van der Waals surface area contributed by atoms with Gasteiger partial charge in [0.15, 0.2) is 4.21 Å². The van der Waals surface area contributed by atoms with Crippen molar-refractivity contribution in [2.75, 3.05) is 0 Å². The molecule has 0 aliphatic rings. The van der Waals surface area contributed by atoms with Gasteiger partial charge in [0, 0.05) is 5.39 Å². The Morgan fingerprint density at radius 1 is 1.31 bits per heavy atom. The second-order valence-electron chi connectivity index (χ2n) is 2.43. The van der Waals surface area contributed by atoms with E-state index in [1.54, 1.807) is 18.2 Å². The Labute approximate surface area is 78.2 Å². The predicted molar refractivity (Wildman–Crippen MR) is 47.9 cm³/mol. The molecule has 0 unspecified atom stereocenters. The van der Waals surface area contributed by atoms with Crippen molar-refractivity contribution in [3.8, 4) is 0 Å². The zero-order valence-corrected chi connectivity index (χ0v) is 7.90. The molecular formula is C7H4FNO2S2. The maximum Gasteiger partial charge on any atom is 0.343 e. The van der Waals surface area contributed by atoms with E-state index in [2.05, 4.69) is 4.37 Å². The Morgan fingerprint density at radius 3 is 2.69 bits per heavy atom. The van der Waals surface area contributed by atoms with Crippen molar-refractivity contribution in [3.63, 3.8) is 0 Å². The van der Waals surface area contributed by atoms with E-state index < -0.39 is 10.2 Å². The highest BCUT2D eigenvalue weighted by molar-refractivity contribution is 7.88. The summed E-state index contributed by atoms with van der Waals surface area (Å²) in [7, 11) is -4.63. The minimum atomic E-state index is -4.63. The van der Waals surface area contributed by atoms with Gasteiger partial charge in [-0.05, 0) is 17.6 Å². The van der Waals surface area contributed by atoms with Crippen molar-refractivity contribution < 1.29 is 12.3 Å². The van der Waals surface area contributed by atoms with Gasteiger partial charge in [0.25, 0.3) is 0 Å². The van der Waals surface area contributed by atoms with Crippen LogP contribution in [0.4, 0.5) is 3.89 Å². The lowest BCUT2D eigenvalue weighted by Gasteiger charge is -1.88. The molecule has 0 saturated carbocycles. The van der Waals surface area contributed by atoms with Crippen LogP contribution in [0.5, 0.6) is 0 Å². The van der Waals surface area contributed by atoms with Crippen LogP contribution in [0.2, 0.25) is 0 Å².